The van der Waals surface area contributed by atoms with Crippen molar-refractivity contribution in [3.63, 3.8) is 0 Å². The van der Waals surface area contributed by atoms with Crippen LogP contribution in [0.25, 0.3) is 10.8 Å². The van der Waals surface area contributed by atoms with Crippen LogP contribution in [0.3, 0.4) is 0 Å². The SMILES string of the molecule is C[Si](Cc1ccccc1Br)(c1ccccc1)c1cccc2ccccc12. The van der Waals surface area contributed by atoms with Gasteiger partial charge in [-0.2, -0.15) is 0 Å². The first-order chi connectivity index (χ1) is 12.7. The van der Waals surface area contributed by atoms with Gasteiger partial charge in [0.25, 0.3) is 0 Å². The summed E-state index contributed by atoms with van der Waals surface area (Å²) in [6.45, 7) is 2.50. The summed E-state index contributed by atoms with van der Waals surface area (Å²) in [6.07, 6.45) is 0. The van der Waals surface area contributed by atoms with Crippen molar-refractivity contribution in [1.82, 2.24) is 0 Å². The number of hydrogen-bond acceptors (Lipinski definition) is 0. The second-order valence-corrected chi connectivity index (χ2v) is 12.0. The maximum atomic E-state index is 3.77. The van der Waals surface area contributed by atoms with Crippen molar-refractivity contribution in [2.45, 2.75) is 12.6 Å². The number of halogens is 1. The van der Waals surface area contributed by atoms with Crippen molar-refractivity contribution in [1.29, 1.82) is 0 Å². The molecule has 0 radical (unpaired) electrons. The maximum Gasteiger partial charge on any atom is 0.120 e. The summed E-state index contributed by atoms with van der Waals surface area (Å²) >= 11 is 3.77. The van der Waals surface area contributed by atoms with Gasteiger partial charge in [0.2, 0.25) is 0 Å². The molecule has 4 aromatic carbocycles. The first kappa shape index (κ1) is 17.3. The molecule has 0 heterocycles. The standard InChI is InChI=1S/C24H21BrSi/c1-26(21-13-3-2-4-14-21,18-20-11-6-8-16-23(20)25)24-17-9-12-19-10-5-7-15-22(19)24/h2-17H,18H2,1H3. The predicted molar refractivity (Wildman–Crippen MR) is 119 cm³/mol. The Labute approximate surface area is 164 Å². The van der Waals surface area contributed by atoms with Gasteiger partial charge in [-0.25, -0.2) is 0 Å². The molecule has 1 atom stereocenters. The van der Waals surface area contributed by atoms with Crippen LogP contribution in [0.5, 0.6) is 0 Å². The first-order valence-corrected chi connectivity index (χ1v) is 12.5. The van der Waals surface area contributed by atoms with Gasteiger partial charge in [0.05, 0.1) is 0 Å². The minimum absolute atomic E-state index is 1.08. The zero-order valence-electron chi connectivity index (χ0n) is 14.8. The van der Waals surface area contributed by atoms with E-state index >= 15 is 0 Å². The Morgan fingerprint density at radius 1 is 0.692 bits per heavy atom. The molecule has 128 valence electrons. The van der Waals surface area contributed by atoms with Crippen molar-refractivity contribution in [3.05, 3.63) is 107 Å². The fourth-order valence-corrected chi connectivity index (χ4v) is 8.56. The Kier molecular flexibility index (Phi) is 4.79. The number of rotatable bonds is 4. The van der Waals surface area contributed by atoms with Gasteiger partial charge >= 0.3 is 0 Å². The fourth-order valence-electron chi connectivity index (χ4n) is 3.89. The molecule has 26 heavy (non-hydrogen) atoms. The highest BCUT2D eigenvalue weighted by atomic mass is 79.9. The van der Waals surface area contributed by atoms with Crippen LogP contribution in [0.15, 0.2) is 102 Å². The van der Waals surface area contributed by atoms with E-state index in [2.05, 4.69) is 120 Å². The molecular weight excluding hydrogens is 396 g/mol. The third kappa shape index (κ3) is 3.15. The molecule has 4 aromatic rings. The van der Waals surface area contributed by atoms with E-state index in [1.807, 2.05) is 0 Å². The molecular formula is C24H21BrSi. The summed E-state index contributed by atoms with van der Waals surface area (Å²) < 4.78 is 1.20. The third-order valence-electron chi connectivity index (χ3n) is 5.30. The molecule has 0 fully saturated rings. The lowest BCUT2D eigenvalue weighted by Crippen LogP contribution is -2.58. The topological polar surface area (TPSA) is 0 Å². The van der Waals surface area contributed by atoms with Crippen LogP contribution < -0.4 is 10.4 Å². The molecule has 0 bridgehead atoms. The predicted octanol–water partition coefficient (Wildman–Crippen LogP) is 5.58. The quantitative estimate of drug-likeness (QED) is 0.381. The van der Waals surface area contributed by atoms with E-state index in [4.69, 9.17) is 0 Å². The molecule has 0 aromatic heterocycles. The lowest BCUT2D eigenvalue weighted by Gasteiger charge is -2.30. The van der Waals surface area contributed by atoms with Gasteiger partial charge < -0.3 is 0 Å². The van der Waals surface area contributed by atoms with Gasteiger partial charge in [-0.15, -0.1) is 0 Å². The number of fused-ring (bicyclic) bond motifs is 1. The maximum absolute atomic E-state index is 3.77. The van der Waals surface area contributed by atoms with Crippen LogP contribution in [0.2, 0.25) is 6.55 Å². The van der Waals surface area contributed by atoms with Gasteiger partial charge in [-0.3, -0.25) is 0 Å². The average Bonchev–Trinajstić information content (AvgIpc) is 2.70. The Hall–Kier alpha value is -2.16. The van der Waals surface area contributed by atoms with Crippen LogP contribution in [-0.4, -0.2) is 8.07 Å². The van der Waals surface area contributed by atoms with Gasteiger partial charge in [0, 0.05) is 4.47 Å². The molecule has 4 rings (SSSR count). The van der Waals surface area contributed by atoms with Crippen molar-refractivity contribution in [2.24, 2.45) is 0 Å². The van der Waals surface area contributed by atoms with Gasteiger partial charge in [-0.1, -0.05) is 119 Å². The zero-order valence-corrected chi connectivity index (χ0v) is 17.4. The molecule has 0 aliphatic carbocycles. The molecule has 0 aliphatic rings. The molecule has 2 heteroatoms. The highest BCUT2D eigenvalue weighted by Gasteiger charge is 2.33. The normalized spacial score (nSPS) is 13.5. The molecule has 0 saturated heterocycles. The van der Waals surface area contributed by atoms with Crippen molar-refractivity contribution < 1.29 is 0 Å². The first-order valence-electron chi connectivity index (χ1n) is 8.96. The molecule has 1 unspecified atom stereocenters. The van der Waals surface area contributed by atoms with Crippen molar-refractivity contribution in [2.75, 3.05) is 0 Å². The second-order valence-electron chi connectivity index (χ2n) is 6.99. The van der Waals surface area contributed by atoms with E-state index in [1.54, 1.807) is 0 Å². The van der Waals surface area contributed by atoms with E-state index in [0.717, 1.165) is 6.04 Å². The Balaban J connectivity index is 1.95. The summed E-state index contributed by atoms with van der Waals surface area (Å²) in [5.41, 5.74) is 1.39. The smallest absolute Gasteiger partial charge is 0.0626 e. The lowest BCUT2D eigenvalue weighted by molar-refractivity contribution is 1.31. The number of benzene rings is 4. The number of hydrogen-bond donors (Lipinski definition) is 0. The van der Waals surface area contributed by atoms with Crippen LogP contribution in [-0.2, 0) is 6.04 Å². The van der Waals surface area contributed by atoms with Crippen LogP contribution in [0.1, 0.15) is 5.56 Å². The Morgan fingerprint density at radius 3 is 2.15 bits per heavy atom. The summed E-state index contributed by atoms with van der Waals surface area (Å²) in [4.78, 5) is 0. The minimum Gasteiger partial charge on any atom is -0.0626 e. The molecule has 0 aliphatic heterocycles. The average molecular weight is 417 g/mol. The minimum atomic E-state index is -1.97. The van der Waals surface area contributed by atoms with Gasteiger partial charge in [0.1, 0.15) is 8.07 Å². The van der Waals surface area contributed by atoms with Crippen molar-refractivity contribution in [3.8, 4) is 0 Å². The van der Waals surface area contributed by atoms with Gasteiger partial charge in [0.15, 0.2) is 0 Å². The molecule has 0 amide bonds. The van der Waals surface area contributed by atoms with Crippen LogP contribution in [0, 0.1) is 0 Å². The Bertz CT molecular complexity index is 1040. The molecule has 0 N–H and O–H groups in total. The van der Waals surface area contributed by atoms with Gasteiger partial charge in [-0.05, 0) is 33.6 Å². The summed E-state index contributed by atoms with van der Waals surface area (Å²) in [7, 11) is -1.97. The fraction of sp³-hybridized carbons (Fsp3) is 0.0833. The molecule has 0 saturated carbocycles. The molecule has 0 nitrogen and oxygen atoms in total. The summed E-state index contributed by atoms with van der Waals surface area (Å²) in [6, 6.07) is 36.3. The van der Waals surface area contributed by atoms with Crippen LogP contribution >= 0.6 is 15.9 Å². The summed E-state index contributed by atoms with van der Waals surface area (Å²) in [5, 5.41) is 5.71. The van der Waals surface area contributed by atoms with E-state index in [0.29, 0.717) is 0 Å². The second kappa shape index (κ2) is 7.22. The highest BCUT2D eigenvalue weighted by Crippen LogP contribution is 2.23. The van der Waals surface area contributed by atoms with E-state index in [1.165, 1.54) is 31.2 Å². The monoisotopic (exact) mass is 416 g/mol. The zero-order chi connectivity index (χ0) is 18.0. The third-order valence-corrected chi connectivity index (χ3v) is 10.4. The highest BCUT2D eigenvalue weighted by molar-refractivity contribution is 9.10. The Morgan fingerprint density at radius 2 is 1.35 bits per heavy atom. The van der Waals surface area contributed by atoms with Crippen LogP contribution in [0.4, 0.5) is 0 Å². The van der Waals surface area contributed by atoms with E-state index in [9.17, 15) is 0 Å². The largest absolute Gasteiger partial charge is 0.120 e. The summed E-state index contributed by atoms with van der Waals surface area (Å²) in [5.74, 6) is 0. The van der Waals surface area contributed by atoms with Crippen molar-refractivity contribution >= 4 is 45.1 Å². The van der Waals surface area contributed by atoms with E-state index in [-0.39, 0.29) is 0 Å². The molecule has 0 spiro atoms. The van der Waals surface area contributed by atoms with E-state index < -0.39 is 8.07 Å². The lowest BCUT2D eigenvalue weighted by atomic mass is 10.1.